The van der Waals surface area contributed by atoms with Crippen molar-refractivity contribution in [1.82, 2.24) is 0 Å². The van der Waals surface area contributed by atoms with Crippen LogP contribution in [0.25, 0.3) is 0 Å². The second-order valence-electron chi connectivity index (χ2n) is 4.05. The van der Waals surface area contributed by atoms with Gasteiger partial charge in [-0.25, -0.2) is 0 Å². The highest BCUT2D eigenvalue weighted by Crippen LogP contribution is 2.30. The van der Waals surface area contributed by atoms with Gasteiger partial charge in [0.2, 0.25) is 0 Å². The minimum Gasteiger partial charge on any atom is -0.468 e. The number of rotatable bonds is 3. The summed E-state index contributed by atoms with van der Waals surface area (Å²) in [5, 5.41) is 0. The van der Waals surface area contributed by atoms with Gasteiger partial charge in [0, 0.05) is 0 Å². The monoisotopic (exact) mass is 213 g/mol. The zero-order valence-electron chi connectivity index (χ0n) is 9.27. The van der Waals surface area contributed by atoms with Crippen molar-refractivity contribution < 1.29 is 9.53 Å². The van der Waals surface area contributed by atoms with Crippen LogP contribution in [-0.2, 0) is 9.53 Å². The SMILES string of the molecule is COC(=O)[C@@H](N)[C@@H]1CC[C@@H](N=C(C)N)C1. The molecule has 0 spiro atoms. The summed E-state index contributed by atoms with van der Waals surface area (Å²) < 4.78 is 4.62. The van der Waals surface area contributed by atoms with E-state index in [9.17, 15) is 4.79 Å². The van der Waals surface area contributed by atoms with E-state index in [2.05, 4.69) is 9.73 Å². The lowest BCUT2D eigenvalue weighted by Gasteiger charge is -2.16. The van der Waals surface area contributed by atoms with Gasteiger partial charge in [0.15, 0.2) is 0 Å². The highest BCUT2D eigenvalue weighted by molar-refractivity contribution is 5.77. The Kier molecular flexibility index (Phi) is 4.08. The van der Waals surface area contributed by atoms with Crippen LogP contribution in [0.4, 0.5) is 0 Å². The Hall–Kier alpha value is -1.10. The number of hydrogen-bond donors (Lipinski definition) is 2. The number of amidine groups is 1. The summed E-state index contributed by atoms with van der Waals surface area (Å²) in [5.74, 6) is 0.423. The molecule has 86 valence electrons. The Morgan fingerprint density at radius 1 is 1.53 bits per heavy atom. The zero-order chi connectivity index (χ0) is 11.4. The summed E-state index contributed by atoms with van der Waals surface area (Å²) >= 11 is 0. The summed E-state index contributed by atoms with van der Waals surface area (Å²) in [6, 6.07) is -0.302. The quantitative estimate of drug-likeness (QED) is 0.393. The molecule has 3 atom stereocenters. The van der Waals surface area contributed by atoms with Crippen molar-refractivity contribution in [3.8, 4) is 0 Å². The number of aliphatic imine (C=N–C) groups is 1. The summed E-state index contributed by atoms with van der Waals surface area (Å²) in [6.45, 7) is 1.77. The largest absolute Gasteiger partial charge is 0.468 e. The maximum Gasteiger partial charge on any atom is 0.322 e. The number of carbonyl (C=O) groups is 1. The van der Waals surface area contributed by atoms with Crippen LogP contribution in [0.1, 0.15) is 26.2 Å². The molecule has 0 heterocycles. The molecule has 5 heteroatoms. The summed E-state index contributed by atoms with van der Waals surface area (Å²) in [6.07, 6.45) is 2.69. The third kappa shape index (κ3) is 3.20. The molecule has 1 fully saturated rings. The second-order valence-corrected chi connectivity index (χ2v) is 4.05. The van der Waals surface area contributed by atoms with Crippen molar-refractivity contribution >= 4 is 11.8 Å². The molecular formula is C10H19N3O2. The molecule has 1 aliphatic carbocycles. The molecule has 0 amide bonds. The van der Waals surface area contributed by atoms with E-state index in [4.69, 9.17) is 11.5 Å². The number of methoxy groups -OCH3 is 1. The molecule has 4 N–H and O–H groups in total. The average Bonchev–Trinajstić information content (AvgIpc) is 2.63. The van der Waals surface area contributed by atoms with E-state index in [-0.39, 0.29) is 17.9 Å². The average molecular weight is 213 g/mol. The molecule has 0 bridgehead atoms. The lowest BCUT2D eigenvalue weighted by Crippen LogP contribution is -2.38. The first-order valence-electron chi connectivity index (χ1n) is 5.18. The van der Waals surface area contributed by atoms with E-state index < -0.39 is 6.04 Å². The van der Waals surface area contributed by atoms with Crippen molar-refractivity contribution in [3.05, 3.63) is 0 Å². The fourth-order valence-electron chi connectivity index (χ4n) is 2.05. The smallest absolute Gasteiger partial charge is 0.322 e. The van der Waals surface area contributed by atoms with Crippen molar-refractivity contribution in [2.75, 3.05) is 7.11 Å². The molecule has 1 saturated carbocycles. The Labute approximate surface area is 89.9 Å². The normalized spacial score (nSPS) is 28.9. The molecule has 0 aliphatic heterocycles. The van der Waals surface area contributed by atoms with Crippen LogP contribution in [0.5, 0.6) is 0 Å². The van der Waals surface area contributed by atoms with E-state index >= 15 is 0 Å². The van der Waals surface area contributed by atoms with Crippen LogP contribution in [0.15, 0.2) is 4.99 Å². The molecule has 15 heavy (non-hydrogen) atoms. The second kappa shape index (κ2) is 5.11. The van der Waals surface area contributed by atoms with Crippen LogP contribution >= 0.6 is 0 Å². The van der Waals surface area contributed by atoms with Gasteiger partial charge in [-0.3, -0.25) is 9.79 Å². The summed E-state index contributed by atoms with van der Waals surface area (Å²) in [7, 11) is 1.36. The molecule has 0 radical (unpaired) electrons. The van der Waals surface area contributed by atoms with E-state index in [1.54, 1.807) is 6.92 Å². The lowest BCUT2D eigenvalue weighted by molar-refractivity contribution is -0.143. The molecule has 0 aromatic heterocycles. The Morgan fingerprint density at radius 2 is 2.20 bits per heavy atom. The molecule has 0 saturated heterocycles. The highest BCUT2D eigenvalue weighted by atomic mass is 16.5. The Bertz CT molecular complexity index is 261. The van der Waals surface area contributed by atoms with E-state index in [0.717, 1.165) is 19.3 Å². The highest BCUT2D eigenvalue weighted by Gasteiger charge is 2.32. The molecule has 0 unspecified atom stereocenters. The van der Waals surface area contributed by atoms with Gasteiger partial charge in [0.1, 0.15) is 6.04 Å². The van der Waals surface area contributed by atoms with Crippen LogP contribution < -0.4 is 11.5 Å². The topological polar surface area (TPSA) is 90.7 Å². The van der Waals surface area contributed by atoms with Crippen LogP contribution in [0.2, 0.25) is 0 Å². The van der Waals surface area contributed by atoms with Gasteiger partial charge in [0.25, 0.3) is 0 Å². The molecule has 1 aliphatic rings. The number of nitrogens with zero attached hydrogens (tertiary/aromatic N) is 1. The first kappa shape index (κ1) is 12.0. The number of carbonyl (C=O) groups excluding carboxylic acids is 1. The number of esters is 1. The van der Waals surface area contributed by atoms with Gasteiger partial charge in [-0.2, -0.15) is 0 Å². The molecule has 0 aromatic carbocycles. The number of ether oxygens (including phenoxy) is 1. The summed E-state index contributed by atoms with van der Waals surface area (Å²) in [5.41, 5.74) is 11.3. The Morgan fingerprint density at radius 3 is 2.73 bits per heavy atom. The first-order valence-corrected chi connectivity index (χ1v) is 5.18. The molecule has 5 nitrogen and oxygen atoms in total. The van der Waals surface area contributed by atoms with Gasteiger partial charge < -0.3 is 16.2 Å². The molecule has 1 rings (SSSR count). The minimum atomic E-state index is -0.520. The number of nitrogens with two attached hydrogens (primary N) is 2. The zero-order valence-corrected chi connectivity index (χ0v) is 9.27. The Balaban J connectivity index is 2.49. The maximum atomic E-state index is 11.2. The molecule has 0 aromatic rings. The van der Waals surface area contributed by atoms with Crippen molar-refractivity contribution in [3.63, 3.8) is 0 Å². The predicted molar refractivity (Wildman–Crippen MR) is 58.4 cm³/mol. The van der Waals surface area contributed by atoms with E-state index in [1.807, 2.05) is 0 Å². The fraction of sp³-hybridized carbons (Fsp3) is 0.800. The third-order valence-electron chi connectivity index (χ3n) is 2.81. The molecular weight excluding hydrogens is 194 g/mol. The van der Waals surface area contributed by atoms with Gasteiger partial charge in [-0.05, 0) is 32.1 Å². The van der Waals surface area contributed by atoms with Crippen molar-refractivity contribution in [2.45, 2.75) is 38.3 Å². The van der Waals surface area contributed by atoms with Crippen molar-refractivity contribution in [2.24, 2.45) is 22.4 Å². The van der Waals surface area contributed by atoms with Gasteiger partial charge in [-0.1, -0.05) is 0 Å². The van der Waals surface area contributed by atoms with Crippen LogP contribution in [0, 0.1) is 5.92 Å². The first-order chi connectivity index (χ1) is 7.04. The third-order valence-corrected chi connectivity index (χ3v) is 2.81. The van der Waals surface area contributed by atoms with E-state index in [1.165, 1.54) is 7.11 Å². The van der Waals surface area contributed by atoms with Crippen LogP contribution in [-0.4, -0.2) is 31.0 Å². The van der Waals surface area contributed by atoms with Gasteiger partial charge in [-0.15, -0.1) is 0 Å². The maximum absolute atomic E-state index is 11.2. The predicted octanol–water partition coefficient (Wildman–Crippen LogP) is 0.0325. The lowest BCUT2D eigenvalue weighted by atomic mass is 9.99. The van der Waals surface area contributed by atoms with E-state index in [0.29, 0.717) is 5.84 Å². The van der Waals surface area contributed by atoms with Gasteiger partial charge in [0.05, 0.1) is 19.0 Å². The van der Waals surface area contributed by atoms with Crippen molar-refractivity contribution in [1.29, 1.82) is 0 Å². The minimum absolute atomic E-state index is 0.172. The van der Waals surface area contributed by atoms with Crippen LogP contribution in [0.3, 0.4) is 0 Å². The number of hydrogen-bond acceptors (Lipinski definition) is 4. The van der Waals surface area contributed by atoms with Gasteiger partial charge >= 0.3 is 5.97 Å². The fourth-order valence-corrected chi connectivity index (χ4v) is 2.05. The standard InChI is InChI=1S/C10H19N3O2/c1-6(11)13-8-4-3-7(5-8)9(12)10(14)15-2/h7-9H,3-5,12H2,1-2H3,(H2,11,13)/t7-,8-,9+/m1/s1. The summed E-state index contributed by atoms with van der Waals surface area (Å²) in [4.78, 5) is 15.5.